The van der Waals surface area contributed by atoms with E-state index in [1.807, 2.05) is 29.6 Å². The summed E-state index contributed by atoms with van der Waals surface area (Å²) in [7, 11) is 3.35. The molecule has 1 aromatic heterocycles. The summed E-state index contributed by atoms with van der Waals surface area (Å²) in [5.41, 5.74) is 7.41. The second-order valence-corrected chi connectivity index (χ2v) is 5.93. The second-order valence-electron chi connectivity index (χ2n) is 4.58. The van der Waals surface area contributed by atoms with Gasteiger partial charge in [-0.05, 0) is 11.6 Å². The van der Waals surface area contributed by atoms with Gasteiger partial charge in [-0.3, -0.25) is 4.79 Å². The van der Waals surface area contributed by atoms with E-state index in [9.17, 15) is 4.79 Å². The zero-order chi connectivity index (χ0) is 15.4. The topological polar surface area (TPSA) is 55.6 Å². The fraction of sp³-hybridized carbons (Fsp3) is 0.200. The molecule has 0 unspecified atom stereocenters. The van der Waals surface area contributed by atoms with Crippen LogP contribution >= 0.6 is 23.6 Å². The Morgan fingerprint density at radius 1 is 1.43 bits per heavy atom. The first-order valence-electron chi connectivity index (χ1n) is 6.28. The van der Waals surface area contributed by atoms with E-state index in [4.69, 9.17) is 22.7 Å². The van der Waals surface area contributed by atoms with Gasteiger partial charge in [0, 0.05) is 30.6 Å². The molecule has 1 heterocycles. The lowest BCUT2D eigenvalue weighted by molar-refractivity contribution is 0.0789. The molecule has 0 spiro atoms. The first kappa shape index (κ1) is 15.5. The average molecular weight is 320 g/mol. The van der Waals surface area contributed by atoms with Crippen LogP contribution in [0.2, 0.25) is 0 Å². The van der Waals surface area contributed by atoms with Gasteiger partial charge in [-0.2, -0.15) is 0 Å². The highest BCUT2D eigenvalue weighted by atomic mass is 32.1. The molecular weight excluding hydrogens is 304 g/mol. The van der Waals surface area contributed by atoms with E-state index in [1.54, 1.807) is 25.1 Å². The Balaban J connectivity index is 2.10. The van der Waals surface area contributed by atoms with Gasteiger partial charge in [-0.15, -0.1) is 11.3 Å². The molecule has 6 heteroatoms. The average Bonchev–Trinajstić information content (AvgIpc) is 2.95. The summed E-state index contributed by atoms with van der Waals surface area (Å²) in [6.07, 6.45) is 0. The number of thiophene rings is 1. The van der Waals surface area contributed by atoms with E-state index < -0.39 is 0 Å². The number of hydrogen-bond acceptors (Lipinski definition) is 4. The Labute approximate surface area is 133 Å². The van der Waals surface area contributed by atoms with E-state index in [2.05, 4.69) is 0 Å². The molecular formula is C15H16N2O2S2. The molecule has 2 aromatic rings. The molecule has 0 atom stereocenters. The molecule has 1 amide bonds. The van der Waals surface area contributed by atoms with E-state index in [0.717, 1.165) is 11.1 Å². The highest BCUT2D eigenvalue weighted by Crippen LogP contribution is 2.22. The molecule has 0 bridgehead atoms. The lowest BCUT2D eigenvalue weighted by Crippen LogP contribution is -2.25. The number of amides is 1. The van der Waals surface area contributed by atoms with Gasteiger partial charge in [0.2, 0.25) is 0 Å². The van der Waals surface area contributed by atoms with Crippen LogP contribution in [0.4, 0.5) is 0 Å². The molecule has 0 aliphatic heterocycles. The fourth-order valence-electron chi connectivity index (χ4n) is 1.89. The Kier molecular flexibility index (Phi) is 4.93. The third kappa shape index (κ3) is 3.80. The Morgan fingerprint density at radius 2 is 2.19 bits per heavy atom. The molecule has 21 heavy (non-hydrogen) atoms. The van der Waals surface area contributed by atoms with Crippen molar-refractivity contribution in [2.75, 3.05) is 14.2 Å². The van der Waals surface area contributed by atoms with Crippen molar-refractivity contribution in [3.05, 3.63) is 51.7 Å². The van der Waals surface area contributed by atoms with Crippen molar-refractivity contribution >= 4 is 34.5 Å². The van der Waals surface area contributed by atoms with Crippen molar-refractivity contribution < 1.29 is 9.53 Å². The van der Waals surface area contributed by atoms with Gasteiger partial charge < -0.3 is 15.4 Å². The molecule has 0 aliphatic carbocycles. The third-order valence-corrected chi connectivity index (χ3v) is 4.13. The van der Waals surface area contributed by atoms with Crippen LogP contribution in [0, 0.1) is 0 Å². The number of carbonyl (C=O) groups is 1. The third-order valence-electron chi connectivity index (χ3n) is 3.00. The van der Waals surface area contributed by atoms with Gasteiger partial charge in [0.05, 0.1) is 12.0 Å². The summed E-state index contributed by atoms with van der Waals surface area (Å²) in [6, 6.07) is 9.34. The number of carbonyl (C=O) groups excluding carboxylic acids is 1. The monoisotopic (exact) mass is 320 g/mol. The molecule has 4 nitrogen and oxygen atoms in total. The number of nitrogens with two attached hydrogens (primary N) is 1. The second kappa shape index (κ2) is 6.69. The minimum atomic E-state index is -0.0379. The molecule has 1 aromatic carbocycles. The zero-order valence-electron chi connectivity index (χ0n) is 11.8. The van der Waals surface area contributed by atoms with Crippen molar-refractivity contribution in [1.29, 1.82) is 0 Å². The van der Waals surface area contributed by atoms with Gasteiger partial charge in [0.1, 0.15) is 10.7 Å². The number of nitrogens with zero attached hydrogens (tertiary/aromatic N) is 1. The van der Waals surface area contributed by atoms with E-state index in [-0.39, 0.29) is 5.91 Å². The van der Waals surface area contributed by atoms with Gasteiger partial charge in [-0.25, -0.2) is 0 Å². The van der Waals surface area contributed by atoms with Crippen LogP contribution < -0.4 is 10.5 Å². The van der Waals surface area contributed by atoms with Crippen LogP contribution in [-0.4, -0.2) is 30.0 Å². The minimum absolute atomic E-state index is 0.0379. The normalized spacial score (nSPS) is 10.2. The summed E-state index contributed by atoms with van der Waals surface area (Å²) in [6.45, 7) is 0.496. The van der Waals surface area contributed by atoms with Crippen molar-refractivity contribution in [3.63, 3.8) is 0 Å². The van der Waals surface area contributed by atoms with Crippen molar-refractivity contribution in [1.82, 2.24) is 4.90 Å². The summed E-state index contributed by atoms with van der Waals surface area (Å²) in [4.78, 5) is 15.0. The molecule has 0 radical (unpaired) electrons. The standard InChI is InChI=1S/C15H16N2O2S2/c1-17(15(18)13-7-12(19-2)9-21-13)8-10-4-3-5-11(6-10)14(16)20/h3-7,9H,8H2,1-2H3,(H2,16,20). The first-order valence-corrected chi connectivity index (χ1v) is 7.57. The van der Waals surface area contributed by atoms with Crippen LogP contribution in [0.3, 0.4) is 0 Å². The Hall–Kier alpha value is -1.92. The molecule has 0 aliphatic rings. The predicted octanol–water partition coefficient (Wildman–Crippen LogP) is 2.66. The molecule has 110 valence electrons. The fourth-order valence-corrected chi connectivity index (χ4v) is 2.87. The molecule has 0 saturated carbocycles. The first-order chi connectivity index (χ1) is 10.0. The number of hydrogen-bond donors (Lipinski definition) is 1. The SMILES string of the molecule is COc1csc(C(=O)N(C)Cc2cccc(C(N)=S)c2)c1. The van der Waals surface area contributed by atoms with Crippen LogP contribution in [0.25, 0.3) is 0 Å². The summed E-state index contributed by atoms with van der Waals surface area (Å²) in [5.74, 6) is 0.663. The van der Waals surface area contributed by atoms with Gasteiger partial charge >= 0.3 is 0 Å². The minimum Gasteiger partial charge on any atom is -0.496 e. The number of thiocarbonyl (C=S) groups is 1. The highest BCUT2D eigenvalue weighted by molar-refractivity contribution is 7.80. The van der Waals surface area contributed by atoms with E-state index >= 15 is 0 Å². The van der Waals surface area contributed by atoms with Gasteiger partial charge in [0.25, 0.3) is 5.91 Å². The molecule has 2 rings (SSSR count). The van der Waals surface area contributed by atoms with E-state index in [0.29, 0.717) is 22.2 Å². The number of rotatable bonds is 5. The summed E-state index contributed by atoms with van der Waals surface area (Å²) in [5, 5.41) is 1.81. The molecule has 0 saturated heterocycles. The van der Waals surface area contributed by atoms with Crippen LogP contribution in [0.5, 0.6) is 5.75 Å². The number of benzene rings is 1. The summed E-state index contributed by atoms with van der Waals surface area (Å²) >= 11 is 6.34. The van der Waals surface area contributed by atoms with Crippen molar-refractivity contribution in [3.8, 4) is 5.75 Å². The van der Waals surface area contributed by atoms with E-state index in [1.165, 1.54) is 11.3 Å². The largest absolute Gasteiger partial charge is 0.496 e. The van der Waals surface area contributed by atoms with Crippen LogP contribution in [0.1, 0.15) is 20.8 Å². The number of methoxy groups -OCH3 is 1. The number of ether oxygens (including phenoxy) is 1. The molecule has 0 fully saturated rings. The predicted molar refractivity (Wildman–Crippen MR) is 89.0 cm³/mol. The quantitative estimate of drug-likeness (QED) is 0.861. The smallest absolute Gasteiger partial charge is 0.264 e. The van der Waals surface area contributed by atoms with Crippen LogP contribution in [-0.2, 0) is 6.54 Å². The molecule has 2 N–H and O–H groups in total. The maximum absolute atomic E-state index is 12.3. The van der Waals surface area contributed by atoms with Crippen molar-refractivity contribution in [2.45, 2.75) is 6.54 Å². The lowest BCUT2D eigenvalue weighted by Gasteiger charge is -2.16. The van der Waals surface area contributed by atoms with Gasteiger partial charge in [0.15, 0.2) is 0 Å². The van der Waals surface area contributed by atoms with Crippen molar-refractivity contribution in [2.24, 2.45) is 5.73 Å². The zero-order valence-corrected chi connectivity index (χ0v) is 13.5. The summed E-state index contributed by atoms with van der Waals surface area (Å²) < 4.78 is 5.10. The maximum atomic E-state index is 12.3. The van der Waals surface area contributed by atoms with Gasteiger partial charge in [-0.1, -0.05) is 30.4 Å². The van der Waals surface area contributed by atoms with Crippen LogP contribution in [0.15, 0.2) is 35.7 Å². The maximum Gasteiger partial charge on any atom is 0.264 e. The Bertz CT molecular complexity index is 667. The highest BCUT2D eigenvalue weighted by Gasteiger charge is 2.15. The lowest BCUT2D eigenvalue weighted by atomic mass is 10.1. The Morgan fingerprint density at radius 3 is 2.81 bits per heavy atom.